The first-order valence-electron chi connectivity index (χ1n) is 24.7. The van der Waals surface area contributed by atoms with Crippen molar-refractivity contribution in [2.75, 3.05) is 51.1 Å². The molecule has 3 amide bonds. The average Bonchev–Trinajstić information content (AvgIpc) is 3.39. The monoisotopic (exact) mass is 1000 g/mol. The van der Waals surface area contributed by atoms with Crippen molar-refractivity contribution in [2.24, 2.45) is 11.8 Å². The van der Waals surface area contributed by atoms with Crippen molar-refractivity contribution in [2.45, 2.75) is 113 Å². The minimum Gasteiger partial charge on any atom is -0.445 e. The number of ether oxygens (including phenoxy) is 1. The van der Waals surface area contributed by atoms with E-state index in [1.807, 2.05) is 79.4 Å². The molecule has 5 aromatic rings. The summed E-state index contributed by atoms with van der Waals surface area (Å²) in [5.74, 6) is 1.23. The molecule has 0 N–H and O–H groups in total. The normalized spacial score (nSPS) is 16.3. The summed E-state index contributed by atoms with van der Waals surface area (Å²) >= 11 is 3.39. The molecule has 0 aromatic heterocycles. The zero-order valence-corrected chi connectivity index (χ0v) is 42.1. The van der Waals surface area contributed by atoms with Gasteiger partial charge in [-0.05, 0) is 98.6 Å². The van der Waals surface area contributed by atoms with Crippen LogP contribution in [0.15, 0.2) is 152 Å². The van der Waals surface area contributed by atoms with Gasteiger partial charge in [0.2, 0.25) is 11.8 Å². The van der Waals surface area contributed by atoms with Gasteiger partial charge in [-0.2, -0.15) is 0 Å². The molecule has 374 valence electrons. The van der Waals surface area contributed by atoms with Crippen LogP contribution in [0.1, 0.15) is 121 Å². The van der Waals surface area contributed by atoms with Crippen molar-refractivity contribution in [1.29, 1.82) is 0 Å². The van der Waals surface area contributed by atoms with Gasteiger partial charge in [0.25, 0.3) is 0 Å². The lowest BCUT2D eigenvalue weighted by Gasteiger charge is -2.38. The van der Waals surface area contributed by atoms with E-state index in [2.05, 4.69) is 131 Å². The number of carbonyl (C=O) groups excluding carboxylic acids is 3. The maximum absolute atomic E-state index is 12.7. The van der Waals surface area contributed by atoms with Crippen LogP contribution < -0.4 is 0 Å². The SMILES string of the molecule is BrCCc1ccccc1.C.C.CCC(=O)N(CC1CCCN(C(=O)OCc2ccccc2)C1)C(C)c1ccccc1.CCC(=O)N(CC1CCCN(CCc2ccccc2)C1)C(C)c1ccccc1. The minimum absolute atomic E-state index is 0. The quantitative estimate of drug-likeness (QED) is 0.0868. The molecular weight excluding hydrogens is 921 g/mol. The Morgan fingerprint density at radius 3 is 1.43 bits per heavy atom. The standard InChI is InChI=1S/C25H32N2O3.C25H34N2O.C8H9Br.2CH4/c1-3-24(28)27(20(2)23-14-8-5-9-15-23)18-22-13-10-16-26(17-22)25(29)30-19-21-11-6-4-7-12-21;1-3-25(28)27(21(2)24-14-8-5-9-15-24)20-23-13-10-17-26(19-23)18-16-22-11-6-4-7-12-22;9-7-6-8-4-2-1-3-5-8;;/h4-9,11-12,14-15,20,22H,3,10,13,16-19H2,1-2H3;4-9,11-12,14-15,21,23H,3,10,13,16-20H2,1-2H3;1-5H,6-7H2;2*1H4. The van der Waals surface area contributed by atoms with Gasteiger partial charge in [-0.25, -0.2) is 4.79 Å². The molecule has 0 bridgehead atoms. The van der Waals surface area contributed by atoms with E-state index in [0.29, 0.717) is 38.4 Å². The summed E-state index contributed by atoms with van der Waals surface area (Å²) in [7, 11) is 0. The molecule has 2 aliphatic rings. The molecule has 4 atom stereocenters. The first-order chi connectivity index (χ1) is 32.7. The fourth-order valence-electron chi connectivity index (χ4n) is 9.12. The number of amides is 3. The molecule has 2 fully saturated rings. The van der Waals surface area contributed by atoms with E-state index in [0.717, 1.165) is 61.8 Å². The predicted molar refractivity (Wildman–Crippen MR) is 291 cm³/mol. The Bertz CT molecular complexity index is 2130. The van der Waals surface area contributed by atoms with Crippen molar-refractivity contribution in [3.05, 3.63) is 179 Å². The largest absolute Gasteiger partial charge is 0.445 e. The number of rotatable bonds is 17. The molecule has 9 heteroatoms. The predicted octanol–water partition coefficient (Wildman–Crippen LogP) is 13.9. The molecule has 2 heterocycles. The minimum atomic E-state index is -0.270. The molecule has 7 rings (SSSR count). The van der Waals surface area contributed by atoms with Crippen LogP contribution in [0.2, 0.25) is 0 Å². The molecule has 69 heavy (non-hydrogen) atoms. The van der Waals surface area contributed by atoms with Crippen LogP contribution in [0, 0.1) is 11.8 Å². The van der Waals surface area contributed by atoms with Crippen LogP contribution in [0.4, 0.5) is 4.79 Å². The van der Waals surface area contributed by atoms with Gasteiger partial charge in [0, 0.05) is 57.4 Å². The number of alkyl halides is 1. The highest BCUT2D eigenvalue weighted by Crippen LogP contribution is 2.28. The Labute approximate surface area is 425 Å². The van der Waals surface area contributed by atoms with Crippen LogP contribution in [0.25, 0.3) is 0 Å². The molecule has 0 spiro atoms. The molecule has 0 saturated carbocycles. The van der Waals surface area contributed by atoms with Gasteiger partial charge in [0.05, 0.1) is 12.1 Å². The number of hydrogen-bond donors (Lipinski definition) is 0. The average molecular weight is 1000 g/mol. The highest BCUT2D eigenvalue weighted by Gasteiger charge is 2.30. The van der Waals surface area contributed by atoms with Crippen molar-refractivity contribution in [1.82, 2.24) is 19.6 Å². The van der Waals surface area contributed by atoms with Gasteiger partial charge in [0.15, 0.2) is 0 Å². The van der Waals surface area contributed by atoms with Gasteiger partial charge in [-0.3, -0.25) is 9.59 Å². The Hall–Kier alpha value is -5.25. The molecule has 2 saturated heterocycles. The van der Waals surface area contributed by atoms with E-state index in [1.165, 1.54) is 36.1 Å². The summed E-state index contributed by atoms with van der Waals surface area (Å²) < 4.78 is 5.51. The van der Waals surface area contributed by atoms with Gasteiger partial charge >= 0.3 is 6.09 Å². The van der Waals surface area contributed by atoms with E-state index >= 15 is 0 Å². The summed E-state index contributed by atoms with van der Waals surface area (Å²) in [6.45, 7) is 14.7. The summed E-state index contributed by atoms with van der Waals surface area (Å²) in [5.41, 5.74) is 6.14. The van der Waals surface area contributed by atoms with Crippen LogP contribution in [-0.2, 0) is 33.8 Å². The van der Waals surface area contributed by atoms with Crippen molar-refractivity contribution >= 4 is 33.8 Å². The summed E-state index contributed by atoms with van der Waals surface area (Å²) in [4.78, 5) is 46.4. The molecule has 5 aromatic carbocycles. The van der Waals surface area contributed by atoms with Crippen molar-refractivity contribution in [3.8, 4) is 0 Å². The highest BCUT2D eigenvalue weighted by molar-refractivity contribution is 9.09. The summed E-state index contributed by atoms with van der Waals surface area (Å²) in [6, 6.07) is 51.6. The van der Waals surface area contributed by atoms with Gasteiger partial charge in [-0.15, -0.1) is 0 Å². The topological polar surface area (TPSA) is 73.4 Å². The van der Waals surface area contributed by atoms with Crippen LogP contribution in [0.5, 0.6) is 0 Å². The molecule has 2 aliphatic heterocycles. The number of piperidine rings is 2. The first-order valence-corrected chi connectivity index (χ1v) is 25.8. The van der Waals surface area contributed by atoms with Crippen LogP contribution in [-0.4, -0.2) is 88.7 Å². The Morgan fingerprint density at radius 2 is 0.986 bits per heavy atom. The van der Waals surface area contributed by atoms with Gasteiger partial charge < -0.3 is 24.3 Å². The third kappa shape index (κ3) is 19.9. The third-order valence-electron chi connectivity index (χ3n) is 13.0. The smallest absolute Gasteiger partial charge is 0.410 e. The first kappa shape index (κ1) is 58.1. The molecule has 4 unspecified atom stereocenters. The number of halogens is 1. The molecule has 8 nitrogen and oxygen atoms in total. The summed E-state index contributed by atoms with van der Waals surface area (Å²) in [6.07, 6.45) is 7.40. The zero-order chi connectivity index (χ0) is 47.6. The fourth-order valence-corrected chi connectivity index (χ4v) is 9.57. The van der Waals surface area contributed by atoms with E-state index in [9.17, 15) is 14.4 Å². The maximum atomic E-state index is 12.7. The van der Waals surface area contributed by atoms with Gasteiger partial charge in [0.1, 0.15) is 6.61 Å². The summed E-state index contributed by atoms with van der Waals surface area (Å²) in [5, 5.41) is 1.05. The second-order valence-corrected chi connectivity index (χ2v) is 18.7. The second-order valence-electron chi connectivity index (χ2n) is 17.9. The maximum Gasteiger partial charge on any atom is 0.410 e. The number of likely N-dealkylation sites (tertiary alicyclic amines) is 2. The number of benzene rings is 5. The lowest BCUT2D eigenvalue weighted by Crippen LogP contribution is -2.45. The second kappa shape index (κ2) is 32.5. The van der Waals surface area contributed by atoms with Crippen LogP contribution in [0.3, 0.4) is 0 Å². The Balaban J connectivity index is 0.000000302. The molecule has 0 radical (unpaired) electrons. The number of carbonyl (C=O) groups is 3. The molecular formula is C60H83BrN4O4. The Kier molecular flexibility index (Phi) is 27.4. The van der Waals surface area contributed by atoms with E-state index in [1.54, 1.807) is 4.90 Å². The number of nitrogens with zero attached hydrogens (tertiary/aromatic N) is 4. The number of aryl methyl sites for hydroxylation is 1. The lowest BCUT2D eigenvalue weighted by atomic mass is 9.95. The zero-order valence-electron chi connectivity index (χ0n) is 40.6. The highest BCUT2D eigenvalue weighted by atomic mass is 79.9. The lowest BCUT2D eigenvalue weighted by molar-refractivity contribution is -0.134. The van der Waals surface area contributed by atoms with Gasteiger partial charge in [-0.1, -0.05) is 196 Å². The fraction of sp³-hybridized carbons (Fsp3) is 0.450. The molecule has 0 aliphatic carbocycles. The third-order valence-corrected chi connectivity index (χ3v) is 13.4. The van der Waals surface area contributed by atoms with E-state index in [4.69, 9.17) is 4.74 Å². The van der Waals surface area contributed by atoms with E-state index in [-0.39, 0.29) is 57.4 Å². The Morgan fingerprint density at radius 1 is 0.580 bits per heavy atom. The van der Waals surface area contributed by atoms with Crippen molar-refractivity contribution in [3.63, 3.8) is 0 Å². The van der Waals surface area contributed by atoms with E-state index < -0.39 is 0 Å². The van der Waals surface area contributed by atoms with Crippen LogP contribution >= 0.6 is 15.9 Å². The number of hydrogen-bond acceptors (Lipinski definition) is 5. The van der Waals surface area contributed by atoms with Crippen molar-refractivity contribution < 1.29 is 19.1 Å².